The molecule has 0 aliphatic heterocycles. The van der Waals surface area contributed by atoms with E-state index in [1.165, 1.54) is 24.3 Å². The molecule has 0 radical (unpaired) electrons. The Morgan fingerprint density at radius 2 is 1.30 bits per heavy atom. The maximum absolute atomic E-state index is 12.3. The summed E-state index contributed by atoms with van der Waals surface area (Å²) in [6.45, 7) is 1.67. The lowest BCUT2D eigenvalue weighted by molar-refractivity contribution is 0.102. The average molecular weight is 462 g/mol. The first kappa shape index (κ1) is 21.8. The Morgan fingerprint density at radius 3 is 1.87 bits per heavy atom. The fourth-order valence-electron chi connectivity index (χ4n) is 2.46. The van der Waals surface area contributed by atoms with E-state index in [1.54, 1.807) is 55.5 Å². The van der Waals surface area contributed by atoms with Gasteiger partial charge in [0, 0.05) is 21.3 Å². The van der Waals surface area contributed by atoms with E-state index in [9.17, 15) is 13.2 Å². The second kappa shape index (κ2) is 9.30. The monoisotopic (exact) mass is 461 g/mol. The van der Waals surface area contributed by atoms with Gasteiger partial charge in [0.2, 0.25) is 0 Å². The lowest BCUT2D eigenvalue weighted by Gasteiger charge is -2.08. The van der Waals surface area contributed by atoms with Gasteiger partial charge in [-0.2, -0.15) is 18.4 Å². The van der Waals surface area contributed by atoms with Gasteiger partial charge in [-0.05, 0) is 73.2 Å². The molecule has 0 fully saturated rings. The highest BCUT2D eigenvalue weighted by molar-refractivity contribution is 7.89. The van der Waals surface area contributed by atoms with Crippen molar-refractivity contribution in [3.8, 4) is 0 Å². The number of nitrogens with zero attached hydrogens (tertiary/aromatic N) is 1. The Kier molecular flexibility index (Phi) is 6.77. The minimum absolute atomic E-state index is 0.0590. The number of sulfonamides is 1. The van der Waals surface area contributed by atoms with Gasteiger partial charge in [0.25, 0.3) is 15.9 Å². The summed E-state index contributed by atoms with van der Waals surface area (Å²) in [6.07, 6.45) is 0. The van der Waals surface area contributed by atoms with E-state index in [-0.39, 0.29) is 10.8 Å². The number of carbonyl (C=O) groups excluding carboxylic acids is 1. The summed E-state index contributed by atoms with van der Waals surface area (Å²) >= 11 is 11.6. The topological polar surface area (TPSA) is 87.6 Å². The van der Waals surface area contributed by atoms with Crippen LogP contribution >= 0.6 is 23.2 Å². The Morgan fingerprint density at radius 1 is 0.800 bits per heavy atom. The number of anilines is 1. The second-order valence-corrected chi connectivity index (χ2v) is 8.82. The number of nitrogens with one attached hydrogen (secondary N) is 2. The highest BCUT2D eigenvalue weighted by Crippen LogP contribution is 2.16. The van der Waals surface area contributed by atoms with Crippen molar-refractivity contribution in [2.24, 2.45) is 5.10 Å². The molecule has 0 heterocycles. The van der Waals surface area contributed by atoms with Crippen LogP contribution in [0.1, 0.15) is 22.8 Å². The fraction of sp³-hybridized carbons (Fsp3) is 0.0476. The van der Waals surface area contributed by atoms with Crippen molar-refractivity contribution >= 4 is 50.5 Å². The van der Waals surface area contributed by atoms with Crippen molar-refractivity contribution in [2.75, 3.05) is 5.32 Å². The quantitative estimate of drug-likeness (QED) is 0.402. The Balaban J connectivity index is 1.66. The van der Waals surface area contributed by atoms with Gasteiger partial charge < -0.3 is 5.32 Å². The van der Waals surface area contributed by atoms with Crippen molar-refractivity contribution in [3.63, 3.8) is 0 Å². The molecule has 0 saturated heterocycles. The van der Waals surface area contributed by atoms with E-state index in [0.29, 0.717) is 32.6 Å². The largest absolute Gasteiger partial charge is 0.322 e. The van der Waals surface area contributed by atoms with Gasteiger partial charge in [-0.1, -0.05) is 35.3 Å². The molecular formula is C21H17Cl2N3O3S. The molecule has 0 aliphatic rings. The van der Waals surface area contributed by atoms with Crippen LogP contribution in [0, 0.1) is 0 Å². The third kappa shape index (κ3) is 5.60. The zero-order valence-electron chi connectivity index (χ0n) is 15.8. The molecule has 0 spiro atoms. The molecule has 0 aromatic heterocycles. The van der Waals surface area contributed by atoms with Crippen molar-refractivity contribution in [2.45, 2.75) is 11.8 Å². The summed E-state index contributed by atoms with van der Waals surface area (Å²) in [4.78, 5) is 14.5. The van der Waals surface area contributed by atoms with Crippen LogP contribution < -0.4 is 10.1 Å². The summed E-state index contributed by atoms with van der Waals surface area (Å²) < 4.78 is 24.6. The van der Waals surface area contributed by atoms with E-state index in [0.717, 1.165) is 0 Å². The number of halogens is 2. The number of hydrazone groups is 1. The van der Waals surface area contributed by atoms with Gasteiger partial charge in [-0.25, -0.2) is 0 Å². The normalized spacial score (nSPS) is 11.8. The highest BCUT2D eigenvalue weighted by atomic mass is 35.5. The van der Waals surface area contributed by atoms with Crippen LogP contribution in [0.5, 0.6) is 0 Å². The molecule has 30 heavy (non-hydrogen) atoms. The van der Waals surface area contributed by atoms with E-state index < -0.39 is 10.0 Å². The third-order valence-electron chi connectivity index (χ3n) is 4.12. The maximum atomic E-state index is 12.3. The molecule has 154 valence electrons. The van der Waals surface area contributed by atoms with Crippen LogP contribution in [-0.2, 0) is 10.0 Å². The average Bonchev–Trinajstić information content (AvgIpc) is 2.73. The first-order chi connectivity index (χ1) is 14.2. The predicted molar refractivity (Wildman–Crippen MR) is 120 cm³/mol. The number of rotatable bonds is 6. The smallest absolute Gasteiger partial charge is 0.276 e. The predicted octanol–water partition coefficient (Wildman–Crippen LogP) is 4.95. The molecule has 0 unspecified atom stereocenters. The molecule has 6 nitrogen and oxygen atoms in total. The van der Waals surface area contributed by atoms with Crippen molar-refractivity contribution in [1.82, 2.24) is 4.83 Å². The molecule has 0 aliphatic carbocycles. The first-order valence-corrected chi connectivity index (χ1v) is 11.0. The second-order valence-electron chi connectivity index (χ2n) is 6.28. The third-order valence-corrected chi connectivity index (χ3v) is 5.85. The molecule has 1 amide bonds. The summed E-state index contributed by atoms with van der Waals surface area (Å²) in [5.74, 6) is -0.263. The van der Waals surface area contributed by atoms with Crippen LogP contribution in [0.4, 0.5) is 5.69 Å². The summed E-state index contributed by atoms with van der Waals surface area (Å²) in [5.41, 5.74) is 2.23. The van der Waals surface area contributed by atoms with E-state index in [4.69, 9.17) is 23.2 Å². The minimum atomic E-state index is -3.80. The van der Waals surface area contributed by atoms with E-state index >= 15 is 0 Å². The zero-order valence-corrected chi connectivity index (χ0v) is 18.1. The van der Waals surface area contributed by atoms with Crippen LogP contribution in [0.2, 0.25) is 10.0 Å². The molecule has 0 saturated carbocycles. The minimum Gasteiger partial charge on any atom is -0.322 e. The van der Waals surface area contributed by atoms with Crippen molar-refractivity contribution in [1.29, 1.82) is 0 Å². The summed E-state index contributed by atoms with van der Waals surface area (Å²) in [5, 5.41) is 7.73. The SMILES string of the molecule is CC(=NNS(=O)(=O)c1ccc(Cl)cc1)c1ccc(NC(=O)c2ccc(Cl)cc2)cc1. The van der Waals surface area contributed by atoms with Gasteiger partial charge in [0.15, 0.2) is 0 Å². The Labute approximate surface area is 184 Å². The molecule has 3 aromatic rings. The summed E-state index contributed by atoms with van der Waals surface area (Å²) in [7, 11) is -3.80. The Hall–Kier alpha value is -2.87. The van der Waals surface area contributed by atoms with Gasteiger partial charge >= 0.3 is 0 Å². The fourth-order valence-corrected chi connectivity index (χ4v) is 3.57. The van der Waals surface area contributed by atoms with Gasteiger partial charge in [0.05, 0.1) is 10.6 Å². The highest BCUT2D eigenvalue weighted by Gasteiger charge is 2.13. The molecule has 3 rings (SSSR count). The zero-order chi connectivity index (χ0) is 21.7. The number of hydrogen-bond donors (Lipinski definition) is 2. The van der Waals surface area contributed by atoms with Crippen molar-refractivity contribution in [3.05, 3.63) is 94.0 Å². The standard InChI is InChI=1S/C21H17Cl2N3O3S/c1-14(25-26-30(28,29)20-12-8-18(23)9-13-20)15-4-10-19(11-5-15)24-21(27)16-2-6-17(22)7-3-16/h2-13,26H,1H3,(H,24,27). The lowest BCUT2D eigenvalue weighted by Crippen LogP contribution is -2.20. The van der Waals surface area contributed by atoms with Gasteiger partial charge in [0.1, 0.15) is 0 Å². The first-order valence-electron chi connectivity index (χ1n) is 8.73. The van der Waals surface area contributed by atoms with Gasteiger partial charge in [-0.3, -0.25) is 4.79 Å². The molecule has 0 atom stereocenters. The number of amides is 1. The van der Waals surface area contributed by atoms with Crippen LogP contribution in [-0.4, -0.2) is 20.0 Å². The van der Waals surface area contributed by atoms with Crippen LogP contribution in [0.3, 0.4) is 0 Å². The maximum Gasteiger partial charge on any atom is 0.276 e. The van der Waals surface area contributed by atoms with Gasteiger partial charge in [-0.15, -0.1) is 0 Å². The van der Waals surface area contributed by atoms with Crippen molar-refractivity contribution < 1.29 is 13.2 Å². The number of hydrogen-bond acceptors (Lipinski definition) is 4. The molecular weight excluding hydrogens is 445 g/mol. The Bertz CT molecular complexity index is 1180. The molecule has 3 aromatic carbocycles. The van der Waals surface area contributed by atoms with E-state index in [1.807, 2.05) is 0 Å². The lowest BCUT2D eigenvalue weighted by atomic mass is 10.1. The molecule has 0 bridgehead atoms. The molecule has 2 N–H and O–H groups in total. The van der Waals surface area contributed by atoms with E-state index in [2.05, 4.69) is 15.2 Å². The van der Waals surface area contributed by atoms with Crippen LogP contribution in [0.15, 0.2) is 82.8 Å². The number of carbonyl (C=O) groups is 1. The van der Waals surface area contributed by atoms with Crippen LogP contribution in [0.25, 0.3) is 0 Å². The number of benzene rings is 3. The summed E-state index contributed by atoms with van der Waals surface area (Å²) in [6, 6.07) is 19.2. The molecule has 9 heteroatoms.